The van der Waals surface area contributed by atoms with Crippen molar-refractivity contribution >= 4 is 28.9 Å². The third kappa shape index (κ3) is 5.56. The SMILES string of the molecule is CCCCc1nc(Cl)c(C(OC)c2sccc2C(=O)OC)n1Cc1ccc(-c2ccccc2)c(-c2nn[nH]n2)c1. The van der Waals surface area contributed by atoms with Crippen LogP contribution in [0.15, 0.2) is 60.0 Å². The number of rotatable bonds is 11. The number of hydrogen-bond acceptors (Lipinski definition) is 8. The first-order valence-electron chi connectivity index (χ1n) is 12.9. The van der Waals surface area contributed by atoms with Crippen molar-refractivity contribution in [1.29, 1.82) is 0 Å². The Morgan fingerprint density at radius 1 is 1.12 bits per heavy atom. The van der Waals surface area contributed by atoms with E-state index < -0.39 is 12.1 Å². The van der Waals surface area contributed by atoms with Crippen LogP contribution in [0, 0.1) is 0 Å². The quantitative estimate of drug-likeness (QED) is 0.182. The standard InChI is InChI=1S/C29H29ClN6O3S/c1-4-5-11-23-31-27(30)24(25(38-2)26-21(14-15-40-26)29(37)39-3)36(23)17-18-12-13-20(19-9-7-6-8-10-19)22(16-18)28-32-34-35-33-28/h6-10,12-16,25H,4-5,11,17H2,1-3H3,(H,32,33,34,35). The third-order valence-corrected chi connectivity index (χ3v) is 7.95. The second kappa shape index (κ2) is 12.5. The Labute approximate surface area is 241 Å². The van der Waals surface area contributed by atoms with Gasteiger partial charge in [0, 0.05) is 25.6 Å². The number of imidazole rings is 1. The van der Waals surface area contributed by atoms with Gasteiger partial charge in [0.05, 0.1) is 23.2 Å². The van der Waals surface area contributed by atoms with Crippen molar-refractivity contribution in [1.82, 2.24) is 30.2 Å². The van der Waals surface area contributed by atoms with Crippen molar-refractivity contribution in [3.05, 3.63) is 92.7 Å². The number of esters is 1. The normalized spacial score (nSPS) is 12.0. The third-order valence-electron chi connectivity index (χ3n) is 6.71. The molecule has 5 rings (SSSR count). The Morgan fingerprint density at radius 2 is 1.95 bits per heavy atom. The molecule has 0 aliphatic rings. The molecule has 0 fully saturated rings. The molecule has 40 heavy (non-hydrogen) atoms. The zero-order valence-electron chi connectivity index (χ0n) is 22.4. The van der Waals surface area contributed by atoms with Gasteiger partial charge in [0.2, 0.25) is 5.82 Å². The molecule has 2 aromatic carbocycles. The molecule has 0 aliphatic heterocycles. The summed E-state index contributed by atoms with van der Waals surface area (Å²) in [7, 11) is 2.97. The average molecular weight is 577 g/mol. The van der Waals surface area contributed by atoms with E-state index in [1.807, 2.05) is 23.6 Å². The van der Waals surface area contributed by atoms with E-state index in [0.717, 1.165) is 47.3 Å². The molecule has 0 spiro atoms. The van der Waals surface area contributed by atoms with E-state index in [9.17, 15) is 4.79 Å². The minimum atomic E-state index is -0.607. The van der Waals surface area contributed by atoms with Crippen LogP contribution in [-0.4, -0.2) is 50.4 Å². The summed E-state index contributed by atoms with van der Waals surface area (Å²) in [4.78, 5) is 18.0. The topological polar surface area (TPSA) is 108 Å². The van der Waals surface area contributed by atoms with Crippen LogP contribution in [0.2, 0.25) is 5.15 Å². The van der Waals surface area contributed by atoms with E-state index in [0.29, 0.717) is 33.7 Å². The number of nitrogens with zero attached hydrogens (tertiary/aromatic N) is 5. The number of tetrazole rings is 1. The first-order valence-corrected chi connectivity index (χ1v) is 14.2. The van der Waals surface area contributed by atoms with Gasteiger partial charge in [-0.05, 0) is 45.8 Å². The molecule has 206 valence electrons. The molecule has 9 nitrogen and oxygen atoms in total. The van der Waals surface area contributed by atoms with Gasteiger partial charge in [-0.3, -0.25) is 0 Å². The van der Waals surface area contributed by atoms with Gasteiger partial charge in [0.1, 0.15) is 11.9 Å². The van der Waals surface area contributed by atoms with Crippen LogP contribution in [0.25, 0.3) is 22.5 Å². The molecule has 0 saturated carbocycles. The second-order valence-corrected chi connectivity index (χ2v) is 10.5. The molecule has 1 N–H and O–H groups in total. The Bertz CT molecular complexity index is 1580. The van der Waals surface area contributed by atoms with Crippen LogP contribution in [0.4, 0.5) is 0 Å². The number of hydrogen-bond donors (Lipinski definition) is 1. The number of aromatic amines is 1. The van der Waals surface area contributed by atoms with Gasteiger partial charge < -0.3 is 14.0 Å². The van der Waals surface area contributed by atoms with Gasteiger partial charge in [-0.2, -0.15) is 5.21 Å². The maximum Gasteiger partial charge on any atom is 0.339 e. The van der Waals surface area contributed by atoms with Crippen molar-refractivity contribution in [3.8, 4) is 22.5 Å². The molecule has 0 amide bonds. The highest BCUT2D eigenvalue weighted by atomic mass is 35.5. The number of aryl methyl sites for hydroxylation is 1. The van der Waals surface area contributed by atoms with E-state index >= 15 is 0 Å². The summed E-state index contributed by atoms with van der Waals surface area (Å²) >= 11 is 8.23. The van der Waals surface area contributed by atoms with Crippen LogP contribution in [0.3, 0.4) is 0 Å². The van der Waals surface area contributed by atoms with Gasteiger partial charge in [0.15, 0.2) is 5.15 Å². The zero-order chi connectivity index (χ0) is 28.1. The molecule has 3 aromatic heterocycles. The summed E-state index contributed by atoms with van der Waals surface area (Å²) in [5.41, 5.74) is 5.05. The smallest absolute Gasteiger partial charge is 0.339 e. The lowest BCUT2D eigenvalue weighted by Gasteiger charge is -2.20. The molecular weight excluding hydrogens is 548 g/mol. The van der Waals surface area contributed by atoms with Crippen LogP contribution < -0.4 is 0 Å². The number of ether oxygens (including phenoxy) is 2. The highest BCUT2D eigenvalue weighted by Crippen LogP contribution is 2.38. The molecular formula is C29H29ClN6O3S. The van der Waals surface area contributed by atoms with Crippen molar-refractivity contribution in [2.75, 3.05) is 14.2 Å². The fourth-order valence-corrected chi connectivity index (χ4v) is 6.04. The number of benzene rings is 2. The summed E-state index contributed by atoms with van der Waals surface area (Å²) in [6.07, 6.45) is 2.11. The van der Waals surface area contributed by atoms with Crippen molar-refractivity contribution in [2.45, 2.75) is 38.8 Å². The second-order valence-electron chi connectivity index (χ2n) is 9.18. The number of carbonyl (C=O) groups is 1. The number of methoxy groups -OCH3 is 2. The Hall–Kier alpha value is -3.86. The Balaban J connectivity index is 1.61. The minimum absolute atomic E-state index is 0.349. The summed E-state index contributed by atoms with van der Waals surface area (Å²) in [6, 6.07) is 18.1. The molecule has 0 saturated heterocycles. The summed E-state index contributed by atoms with van der Waals surface area (Å²) < 4.78 is 13.1. The minimum Gasteiger partial charge on any atom is -0.465 e. The van der Waals surface area contributed by atoms with Gasteiger partial charge in [0.25, 0.3) is 0 Å². The van der Waals surface area contributed by atoms with Crippen LogP contribution in [0.5, 0.6) is 0 Å². The number of carbonyl (C=O) groups excluding carboxylic acids is 1. The molecule has 0 radical (unpaired) electrons. The van der Waals surface area contributed by atoms with Crippen LogP contribution in [-0.2, 0) is 22.4 Å². The summed E-state index contributed by atoms with van der Waals surface area (Å²) in [6.45, 7) is 2.62. The van der Waals surface area contributed by atoms with E-state index in [4.69, 9.17) is 26.1 Å². The summed E-state index contributed by atoms with van der Waals surface area (Å²) in [5.74, 6) is 0.938. The molecule has 11 heteroatoms. The Kier molecular flexibility index (Phi) is 8.69. The summed E-state index contributed by atoms with van der Waals surface area (Å²) in [5, 5.41) is 17.1. The average Bonchev–Trinajstić information content (AvgIpc) is 3.75. The van der Waals surface area contributed by atoms with Crippen LogP contribution in [0.1, 0.15) is 58.2 Å². The number of halogens is 1. The highest BCUT2D eigenvalue weighted by Gasteiger charge is 2.30. The first-order chi connectivity index (χ1) is 19.5. The molecule has 5 aromatic rings. The molecule has 0 bridgehead atoms. The fraction of sp³-hybridized carbons (Fsp3) is 0.276. The maximum atomic E-state index is 12.5. The van der Waals surface area contributed by atoms with Gasteiger partial charge in [-0.15, -0.1) is 21.5 Å². The lowest BCUT2D eigenvalue weighted by Crippen LogP contribution is -2.16. The zero-order valence-corrected chi connectivity index (χ0v) is 24.0. The number of H-pyrrole nitrogens is 1. The molecule has 1 unspecified atom stereocenters. The van der Waals surface area contributed by atoms with Crippen LogP contribution >= 0.6 is 22.9 Å². The maximum absolute atomic E-state index is 12.5. The number of aromatic nitrogens is 6. The van der Waals surface area contributed by atoms with Crippen molar-refractivity contribution < 1.29 is 14.3 Å². The Morgan fingerprint density at radius 3 is 2.65 bits per heavy atom. The molecule has 0 aliphatic carbocycles. The van der Waals surface area contributed by atoms with Crippen molar-refractivity contribution in [3.63, 3.8) is 0 Å². The largest absolute Gasteiger partial charge is 0.465 e. The van der Waals surface area contributed by atoms with Gasteiger partial charge in [-0.25, -0.2) is 9.78 Å². The number of unbranched alkanes of at least 4 members (excludes halogenated alkanes) is 1. The van der Waals surface area contributed by atoms with E-state index in [-0.39, 0.29) is 0 Å². The lowest BCUT2D eigenvalue weighted by molar-refractivity contribution is 0.0593. The monoisotopic (exact) mass is 576 g/mol. The first kappa shape index (κ1) is 27.7. The van der Waals surface area contributed by atoms with Gasteiger partial charge >= 0.3 is 5.97 Å². The predicted molar refractivity (Wildman–Crippen MR) is 155 cm³/mol. The highest BCUT2D eigenvalue weighted by molar-refractivity contribution is 7.10. The molecule has 1 atom stereocenters. The number of thiophene rings is 1. The predicted octanol–water partition coefficient (Wildman–Crippen LogP) is 6.36. The van der Waals surface area contributed by atoms with E-state index in [1.54, 1.807) is 13.2 Å². The number of nitrogens with one attached hydrogen (secondary N) is 1. The lowest BCUT2D eigenvalue weighted by atomic mass is 9.97. The molecule has 3 heterocycles. The van der Waals surface area contributed by atoms with Crippen molar-refractivity contribution in [2.24, 2.45) is 0 Å². The van der Waals surface area contributed by atoms with E-state index in [2.05, 4.69) is 62.4 Å². The van der Waals surface area contributed by atoms with E-state index in [1.165, 1.54) is 18.4 Å². The van der Waals surface area contributed by atoms with Gasteiger partial charge in [-0.1, -0.05) is 67.4 Å². The fourth-order valence-electron chi connectivity index (χ4n) is 4.78.